The first-order chi connectivity index (χ1) is 16.0. The van der Waals surface area contributed by atoms with E-state index in [0.717, 1.165) is 66.3 Å². The van der Waals surface area contributed by atoms with Crippen LogP contribution in [0.5, 0.6) is 0 Å². The Bertz CT molecular complexity index is 1380. The van der Waals surface area contributed by atoms with Crippen molar-refractivity contribution in [3.8, 4) is 11.4 Å². The second-order valence-electron chi connectivity index (χ2n) is 8.86. The van der Waals surface area contributed by atoms with Crippen molar-refractivity contribution in [2.75, 3.05) is 18.0 Å². The van der Waals surface area contributed by atoms with Crippen molar-refractivity contribution in [2.45, 2.75) is 25.3 Å². The van der Waals surface area contributed by atoms with E-state index in [2.05, 4.69) is 14.9 Å². The van der Waals surface area contributed by atoms with Gasteiger partial charge < -0.3 is 10.6 Å². The summed E-state index contributed by atoms with van der Waals surface area (Å²) in [6, 6.07) is 9.43. The van der Waals surface area contributed by atoms with E-state index in [1.165, 1.54) is 0 Å². The van der Waals surface area contributed by atoms with Crippen LogP contribution in [0.4, 0.5) is 5.82 Å². The van der Waals surface area contributed by atoms with E-state index in [1.54, 1.807) is 12.3 Å². The summed E-state index contributed by atoms with van der Waals surface area (Å²) in [4.78, 5) is 16.2. The Morgan fingerprint density at radius 2 is 1.85 bits per heavy atom. The fraction of sp³-hybridized carbons (Fsp3) is 0.292. The molecule has 1 aliphatic carbocycles. The summed E-state index contributed by atoms with van der Waals surface area (Å²) in [6.45, 7) is 1.72. The molecular weight excluding hydrogens is 479 g/mol. The standard InChI is InChI=1S/C24H21Cl3N6/c25-16-3-1-2-15(20(16)27)22-30-13-18-23(29-8-11-33(18)22)32-9-6-24(7-10-32)12-17-14(21(24)28)4-5-19(26)31-17/h1-5,8,11,13,21H,6-7,9-10,12,28H2/t21-/m1/s1. The van der Waals surface area contributed by atoms with Gasteiger partial charge in [-0.2, -0.15) is 0 Å². The molecule has 1 atom stereocenters. The summed E-state index contributed by atoms with van der Waals surface area (Å²) in [7, 11) is 0. The van der Waals surface area contributed by atoms with Crippen molar-refractivity contribution < 1.29 is 0 Å². The number of nitrogens with zero attached hydrogens (tertiary/aromatic N) is 5. The van der Waals surface area contributed by atoms with Gasteiger partial charge in [0.15, 0.2) is 5.82 Å². The molecule has 1 fully saturated rings. The third kappa shape index (κ3) is 3.31. The second-order valence-corrected chi connectivity index (χ2v) is 10.0. The lowest BCUT2D eigenvalue weighted by atomic mass is 9.73. The average molecular weight is 500 g/mol. The highest BCUT2D eigenvalue weighted by molar-refractivity contribution is 6.43. The molecule has 9 heteroatoms. The SMILES string of the molecule is N[C@@H]1c2ccc(Cl)nc2CC12CCN(c1nccn3c(-c4cccc(Cl)c4Cl)ncc13)CC2. The summed E-state index contributed by atoms with van der Waals surface area (Å²) in [5.74, 6) is 1.65. The first-order valence-electron chi connectivity index (χ1n) is 10.9. The normalized spacial score (nSPS) is 19.4. The van der Waals surface area contributed by atoms with Crippen LogP contribution in [0.15, 0.2) is 48.9 Å². The summed E-state index contributed by atoms with van der Waals surface area (Å²) in [6.07, 6.45) is 8.36. The van der Waals surface area contributed by atoms with Crippen LogP contribution in [0.25, 0.3) is 16.9 Å². The van der Waals surface area contributed by atoms with Crippen molar-refractivity contribution in [2.24, 2.45) is 11.1 Å². The average Bonchev–Trinajstić information content (AvgIpc) is 3.35. The van der Waals surface area contributed by atoms with Gasteiger partial charge in [-0.1, -0.05) is 46.9 Å². The Labute approximate surface area is 206 Å². The highest BCUT2D eigenvalue weighted by Gasteiger charge is 2.47. The third-order valence-corrected chi connectivity index (χ3v) is 8.21. The molecule has 1 aliphatic heterocycles. The zero-order chi connectivity index (χ0) is 22.7. The van der Waals surface area contributed by atoms with Crippen LogP contribution in [0.1, 0.15) is 30.1 Å². The molecule has 3 aromatic heterocycles. The lowest BCUT2D eigenvalue weighted by Crippen LogP contribution is -2.44. The van der Waals surface area contributed by atoms with Crippen molar-refractivity contribution >= 4 is 46.1 Å². The largest absolute Gasteiger partial charge is 0.355 e. The van der Waals surface area contributed by atoms with Gasteiger partial charge >= 0.3 is 0 Å². The maximum Gasteiger partial charge on any atom is 0.154 e. The van der Waals surface area contributed by atoms with Crippen LogP contribution in [0.3, 0.4) is 0 Å². The van der Waals surface area contributed by atoms with Crippen molar-refractivity contribution in [3.63, 3.8) is 0 Å². The topological polar surface area (TPSA) is 72.3 Å². The van der Waals surface area contributed by atoms with Gasteiger partial charge in [0.1, 0.15) is 16.5 Å². The maximum atomic E-state index is 6.72. The first-order valence-corrected chi connectivity index (χ1v) is 12.0. The quantitative estimate of drug-likeness (QED) is 0.364. The molecule has 6 nitrogen and oxygen atoms in total. The highest BCUT2D eigenvalue weighted by atomic mass is 35.5. The van der Waals surface area contributed by atoms with Crippen LogP contribution >= 0.6 is 34.8 Å². The number of halogens is 3. The van der Waals surface area contributed by atoms with Gasteiger partial charge in [-0.05, 0) is 48.4 Å². The molecule has 1 spiro atoms. The molecule has 0 bridgehead atoms. The zero-order valence-electron chi connectivity index (χ0n) is 17.7. The van der Waals surface area contributed by atoms with Gasteiger partial charge in [-0.3, -0.25) is 4.40 Å². The molecule has 168 valence electrons. The molecule has 2 N–H and O–H groups in total. The molecule has 2 aliphatic rings. The fourth-order valence-corrected chi connectivity index (χ4v) is 5.92. The number of nitrogens with two attached hydrogens (primary N) is 1. The van der Waals surface area contributed by atoms with E-state index in [-0.39, 0.29) is 11.5 Å². The Balaban J connectivity index is 1.30. The van der Waals surface area contributed by atoms with E-state index in [0.29, 0.717) is 15.2 Å². The van der Waals surface area contributed by atoms with E-state index >= 15 is 0 Å². The number of piperidine rings is 1. The minimum atomic E-state index is -0.0188. The van der Waals surface area contributed by atoms with Gasteiger partial charge in [0, 0.05) is 42.8 Å². The second kappa shape index (κ2) is 7.84. The van der Waals surface area contributed by atoms with E-state index in [1.807, 2.05) is 41.1 Å². The molecular formula is C24H21Cl3N6. The number of aromatic nitrogens is 4. The lowest BCUT2D eigenvalue weighted by Gasteiger charge is -2.42. The zero-order valence-corrected chi connectivity index (χ0v) is 19.9. The number of hydrogen-bond acceptors (Lipinski definition) is 5. The summed E-state index contributed by atoms with van der Waals surface area (Å²) in [5.41, 5.74) is 10.6. The smallest absolute Gasteiger partial charge is 0.154 e. The maximum absolute atomic E-state index is 6.72. The molecule has 0 saturated carbocycles. The van der Waals surface area contributed by atoms with E-state index < -0.39 is 0 Å². The summed E-state index contributed by atoms with van der Waals surface area (Å²) < 4.78 is 2.02. The molecule has 4 aromatic rings. The minimum absolute atomic E-state index is 0.0152. The van der Waals surface area contributed by atoms with Crippen LogP contribution in [0, 0.1) is 5.41 Å². The molecule has 4 heterocycles. The Morgan fingerprint density at radius 1 is 1.03 bits per heavy atom. The minimum Gasteiger partial charge on any atom is -0.355 e. The van der Waals surface area contributed by atoms with Crippen LogP contribution in [0.2, 0.25) is 15.2 Å². The third-order valence-electron chi connectivity index (χ3n) is 7.18. The van der Waals surface area contributed by atoms with Gasteiger partial charge in [0.05, 0.1) is 16.2 Å². The Kier molecular flexibility index (Phi) is 5.03. The molecule has 6 rings (SSSR count). The predicted molar refractivity (Wildman–Crippen MR) is 132 cm³/mol. The number of imidazole rings is 1. The number of fused-ring (bicyclic) bond motifs is 2. The van der Waals surface area contributed by atoms with Gasteiger partial charge in [0.2, 0.25) is 0 Å². The first kappa shape index (κ1) is 21.2. The number of hydrogen-bond donors (Lipinski definition) is 1. The summed E-state index contributed by atoms with van der Waals surface area (Å²) in [5, 5.41) is 1.53. The Hall–Kier alpha value is -2.38. The fourth-order valence-electron chi connectivity index (χ4n) is 5.37. The van der Waals surface area contributed by atoms with Crippen molar-refractivity contribution in [1.29, 1.82) is 0 Å². The van der Waals surface area contributed by atoms with Crippen LogP contribution in [-0.4, -0.2) is 32.4 Å². The van der Waals surface area contributed by atoms with Crippen molar-refractivity contribution in [1.82, 2.24) is 19.4 Å². The number of benzene rings is 1. The lowest BCUT2D eigenvalue weighted by molar-refractivity contribution is 0.187. The van der Waals surface area contributed by atoms with Gasteiger partial charge in [-0.25, -0.2) is 15.0 Å². The highest BCUT2D eigenvalue weighted by Crippen LogP contribution is 2.50. The molecule has 1 aromatic carbocycles. The van der Waals surface area contributed by atoms with Crippen molar-refractivity contribution in [3.05, 3.63) is 75.4 Å². The molecule has 33 heavy (non-hydrogen) atoms. The number of rotatable bonds is 2. The van der Waals surface area contributed by atoms with Crippen LogP contribution < -0.4 is 10.6 Å². The predicted octanol–water partition coefficient (Wildman–Crippen LogP) is 5.59. The van der Waals surface area contributed by atoms with Gasteiger partial charge in [-0.15, -0.1) is 0 Å². The Morgan fingerprint density at radius 3 is 2.67 bits per heavy atom. The summed E-state index contributed by atoms with van der Waals surface area (Å²) >= 11 is 18.8. The van der Waals surface area contributed by atoms with E-state index in [4.69, 9.17) is 45.5 Å². The monoisotopic (exact) mass is 498 g/mol. The molecule has 0 radical (unpaired) electrons. The van der Waals surface area contributed by atoms with E-state index in [9.17, 15) is 0 Å². The van der Waals surface area contributed by atoms with Crippen LogP contribution in [-0.2, 0) is 6.42 Å². The molecule has 1 saturated heterocycles. The number of anilines is 1. The number of pyridine rings is 1. The molecule has 0 unspecified atom stereocenters. The van der Waals surface area contributed by atoms with Gasteiger partial charge in [0.25, 0.3) is 0 Å². The molecule has 0 amide bonds.